The number of piperidine rings is 1. The summed E-state index contributed by atoms with van der Waals surface area (Å²) in [7, 11) is 5.05. The van der Waals surface area contributed by atoms with Crippen LogP contribution < -0.4 is 0 Å². The van der Waals surface area contributed by atoms with Crippen LogP contribution in [0.5, 0.6) is 0 Å². The van der Waals surface area contributed by atoms with Gasteiger partial charge in [0.25, 0.3) is 0 Å². The second-order valence-corrected chi connectivity index (χ2v) is 8.89. The van der Waals surface area contributed by atoms with Gasteiger partial charge < -0.3 is 29.4 Å². The minimum Gasteiger partial charge on any atom is -0.396 e. The lowest BCUT2D eigenvalue weighted by molar-refractivity contribution is -0.136. The van der Waals surface area contributed by atoms with E-state index in [0.29, 0.717) is 65.1 Å². The summed E-state index contributed by atoms with van der Waals surface area (Å²) in [6.45, 7) is 3.73. The summed E-state index contributed by atoms with van der Waals surface area (Å²) in [5.41, 5.74) is -0.417. The van der Waals surface area contributed by atoms with Gasteiger partial charge in [0, 0.05) is 77.7 Å². The van der Waals surface area contributed by atoms with E-state index in [1.165, 1.54) is 0 Å². The van der Waals surface area contributed by atoms with Crippen molar-refractivity contribution >= 4 is 17.8 Å². The lowest BCUT2D eigenvalue weighted by Crippen LogP contribution is -2.47. The number of amides is 4. The number of nitrogens with zero attached hydrogens (tertiary/aromatic N) is 4. The zero-order valence-corrected chi connectivity index (χ0v) is 17.8. The molecule has 0 saturated carbocycles. The molecule has 2 unspecified atom stereocenters. The second kappa shape index (κ2) is 8.87. The molecule has 164 valence electrons. The number of aliphatic hydroxyl groups excluding tert-OH is 1. The Morgan fingerprint density at radius 1 is 1.07 bits per heavy atom. The average molecular weight is 411 g/mol. The SMILES string of the molecule is COCCC(=O)N1CC2CN(C(=O)C3CCN(C(=O)N(C)C)CC3)CC2(CO)C1. The van der Waals surface area contributed by atoms with Crippen molar-refractivity contribution < 1.29 is 24.2 Å². The molecular weight excluding hydrogens is 376 g/mol. The number of ether oxygens (including phenoxy) is 1. The highest BCUT2D eigenvalue weighted by atomic mass is 16.5. The van der Waals surface area contributed by atoms with Crippen molar-refractivity contribution in [1.82, 2.24) is 19.6 Å². The summed E-state index contributed by atoms with van der Waals surface area (Å²) in [5, 5.41) is 10.1. The van der Waals surface area contributed by atoms with Crippen LogP contribution in [0.25, 0.3) is 0 Å². The van der Waals surface area contributed by atoms with Gasteiger partial charge in [-0.05, 0) is 12.8 Å². The summed E-state index contributed by atoms with van der Waals surface area (Å²) in [5.74, 6) is 0.208. The molecule has 9 heteroatoms. The summed E-state index contributed by atoms with van der Waals surface area (Å²) in [6, 6.07) is -0.0101. The van der Waals surface area contributed by atoms with E-state index < -0.39 is 5.41 Å². The maximum Gasteiger partial charge on any atom is 0.319 e. The fourth-order valence-electron chi connectivity index (χ4n) is 4.97. The van der Waals surface area contributed by atoms with E-state index in [-0.39, 0.29) is 36.3 Å². The molecule has 0 bridgehead atoms. The van der Waals surface area contributed by atoms with Gasteiger partial charge in [-0.1, -0.05) is 0 Å². The fourth-order valence-corrected chi connectivity index (χ4v) is 4.97. The third kappa shape index (κ3) is 4.35. The van der Waals surface area contributed by atoms with Gasteiger partial charge in [-0.25, -0.2) is 4.79 Å². The van der Waals surface area contributed by atoms with Crippen molar-refractivity contribution in [3.05, 3.63) is 0 Å². The Kier molecular flexibility index (Phi) is 6.68. The van der Waals surface area contributed by atoms with E-state index in [4.69, 9.17) is 4.74 Å². The van der Waals surface area contributed by atoms with Gasteiger partial charge in [-0.15, -0.1) is 0 Å². The Morgan fingerprint density at radius 3 is 2.24 bits per heavy atom. The van der Waals surface area contributed by atoms with Crippen LogP contribution in [0.15, 0.2) is 0 Å². The summed E-state index contributed by atoms with van der Waals surface area (Å²) < 4.78 is 4.99. The molecule has 0 radical (unpaired) electrons. The summed E-state index contributed by atoms with van der Waals surface area (Å²) in [6.07, 6.45) is 1.69. The molecule has 0 aromatic heterocycles. The first kappa shape index (κ1) is 21.8. The molecule has 2 atom stereocenters. The number of carbonyl (C=O) groups excluding carboxylic acids is 3. The van der Waals surface area contributed by atoms with Crippen LogP contribution in [0.3, 0.4) is 0 Å². The molecule has 0 spiro atoms. The van der Waals surface area contributed by atoms with Gasteiger partial charge in [0.15, 0.2) is 0 Å². The van der Waals surface area contributed by atoms with Crippen molar-refractivity contribution in [1.29, 1.82) is 0 Å². The summed E-state index contributed by atoms with van der Waals surface area (Å²) in [4.78, 5) is 44.6. The molecule has 0 aromatic carbocycles. The topological polar surface area (TPSA) is 93.6 Å². The average Bonchev–Trinajstić information content (AvgIpc) is 3.25. The minimum absolute atomic E-state index is 0.0101. The summed E-state index contributed by atoms with van der Waals surface area (Å²) >= 11 is 0. The molecule has 3 aliphatic rings. The molecule has 3 aliphatic heterocycles. The zero-order valence-electron chi connectivity index (χ0n) is 17.8. The maximum atomic E-state index is 13.1. The second-order valence-electron chi connectivity index (χ2n) is 8.89. The highest BCUT2D eigenvalue weighted by molar-refractivity contribution is 5.81. The Bertz CT molecular complexity index is 634. The van der Waals surface area contributed by atoms with Crippen molar-refractivity contribution in [3.8, 4) is 0 Å². The van der Waals surface area contributed by atoms with Crippen molar-refractivity contribution in [2.24, 2.45) is 17.3 Å². The van der Waals surface area contributed by atoms with Gasteiger partial charge in [-0.2, -0.15) is 0 Å². The van der Waals surface area contributed by atoms with Crippen molar-refractivity contribution in [2.45, 2.75) is 19.3 Å². The van der Waals surface area contributed by atoms with E-state index >= 15 is 0 Å². The smallest absolute Gasteiger partial charge is 0.319 e. The zero-order chi connectivity index (χ0) is 21.2. The number of fused-ring (bicyclic) bond motifs is 1. The third-order valence-electron chi connectivity index (χ3n) is 6.76. The van der Waals surface area contributed by atoms with Crippen LogP contribution in [-0.4, -0.2) is 116 Å². The first-order valence-corrected chi connectivity index (χ1v) is 10.4. The Morgan fingerprint density at radius 2 is 1.69 bits per heavy atom. The maximum absolute atomic E-state index is 13.1. The molecule has 3 saturated heterocycles. The Labute approximate surface area is 172 Å². The largest absolute Gasteiger partial charge is 0.396 e. The van der Waals surface area contributed by atoms with Crippen LogP contribution in [0.4, 0.5) is 4.79 Å². The van der Waals surface area contributed by atoms with E-state index in [1.54, 1.807) is 31.0 Å². The Hall–Kier alpha value is -1.87. The first-order chi connectivity index (χ1) is 13.8. The lowest BCUT2D eigenvalue weighted by atomic mass is 9.82. The standard InChI is InChI=1S/C20H34N4O5/c1-21(2)19(28)22-7-4-15(5-8-22)18(27)24-11-16-10-23(17(26)6-9-29-3)12-20(16,13-24)14-25/h15-16,25H,4-14H2,1-3H3. The number of rotatable bonds is 5. The van der Waals surface area contributed by atoms with Crippen LogP contribution in [0.2, 0.25) is 0 Å². The fraction of sp³-hybridized carbons (Fsp3) is 0.850. The molecule has 3 fully saturated rings. The van der Waals surface area contributed by atoms with E-state index in [1.807, 2.05) is 9.80 Å². The van der Waals surface area contributed by atoms with Crippen LogP contribution in [0, 0.1) is 17.3 Å². The van der Waals surface area contributed by atoms with Crippen LogP contribution >= 0.6 is 0 Å². The molecule has 9 nitrogen and oxygen atoms in total. The molecule has 3 rings (SSSR count). The highest BCUT2D eigenvalue weighted by Crippen LogP contribution is 2.43. The van der Waals surface area contributed by atoms with Gasteiger partial charge in [0.05, 0.1) is 19.6 Å². The molecule has 29 heavy (non-hydrogen) atoms. The van der Waals surface area contributed by atoms with Crippen LogP contribution in [-0.2, 0) is 14.3 Å². The number of methoxy groups -OCH3 is 1. The van der Waals surface area contributed by atoms with E-state index in [2.05, 4.69) is 0 Å². The quantitative estimate of drug-likeness (QED) is 0.672. The third-order valence-corrected chi connectivity index (χ3v) is 6.76. The Balaban J connectivity index is 1.55. The number of aliphatic hydroxyl groups is 1. The highest BCUT2D eigenvalue weighted by Gasteiger charge is 2.54. The molecule has 0 aliphatic carbocycles. The molecule has 4 amide bonds. The number of carbonyl (C=O) groups is 3. The van der Waals surface area contributed by atoms with E-state index in [0.717, 1.165) is 0 Å². The van der Waals surface area contributed by atoms with Gasteiger partial charge in [0.2, 0.25) is 11.8 Å². The lowest BCUT2D eigenvalue weighted by Gasteiger charge is -2.35. The number of urea groups is 1. The normalized spacial score (nSPS) is 27.3. The number of hydrogen-bond donors (Lipinski definition) is 1. The van der Waals surface area contributed by atoms with Gasteiger partial charge in [0.1, 0.15) is 0 Å². The molecule has 3 heterocycles. The molecule has 0 aromatic rings. The predicted molar refractivity (Wildman–Crippen MR) is 106 cm³/mol. The number of likely N-dealkylation sites (tertiary alicyclic amines) is 3. The monoisotopic (exact) mass is 410 g/mol. The van der Waals surface area contributed by atoms with Gasteiger partial charge in [-0.3, -0.25) is 9.59 Å². The minimum atomic E-state index is -0.417. The first-order valence-electron chi connectivity index (χ1n) is 10.4. The van der Waals surface area contributed by atoms with E-state index in [9.17, 15) is 19.5 Å². The van der Waals surface area contributed by atoms with Crippen molar-refractivity contribution in [2.75, 3.05) is 73.7 Å². The van der Waals surface area contributed by atoms with Gasteiger partial charge >= 0.3 is 6.03 Å². The van der Waals surface area contributed by atoms with Crippen LogP contribution in [0.1, 0.15) is 19.3 Å². The predicted octanol–water partition coefficient (Wildman–Crippen LogP) is -0.304. The number of hydrogen-bond acceptors (Lipinski definition) is 5. The van der Waals surface area contributed by atoms with Crippen molar-refractivity contribution in [3.63, 3.8) is 0 Å². The molecule has 1 N–H and O–H groups in total. The molecular formula is C20H34N4O5.